The molecule has 0 radical (unpaired) electrons. The molecule has 5 rings (SSSR count). The van der Waals surface area contributed by atoms with Crippen LogP contribution in [0.15, 0.2) is 95.9 Å². The molecule has 1 aliphatic heterocycles. The smallest absolute Gasteiger partial charge is 0.264 e. The first-order valence-electron chi connectivity index (χ1n) is 10.5. The largest absolute Gasteiger partial charge is 0.321 e. The highest BCUT2D eigenvalue weighted by atomic mass is 32.2. The average Bonchev–Trinajstić information content (AvgIpc) is 2.84. The number of hydrogen-bond donors (Lipinski definition) is 1. The minimum absolute atomic E-state index is 0.177. The fourth-order valence-electron chi connectivity index (χ4n) is 4.18. The lowest BCUT2D eigenvalue weighted by Crippen LogP contribution is -2.35. The average molecular weight is 443 g/mol. The summed E-state index contributed by atoms with van der Waals surface area (Å²) >= 11 is 0. The van der Waals surface area contributed by atoms with E-state index < -0.39 is 10.0 Å². The van der Waals surface area contributed by atoms with Gasteiger partial charge in [0.25, 0.3) is 15.9 Å². The molecule has 4 aromatic carbocycles. The Kier molecular flexibility index (Phi) is 5.15. The van der Waals surface area contributed by atoms with Gasteiger partial charge in [0, 0.05) is 23.2 Å². The monoisotopic (exact) mass is 442 g/mol. The summed E-state index contributed by atoms with van der Waals surface area (Å²) in [7, 11) is -3.70. The third-order valence-corrected chi connectivity index (χ3v) is 7.64. The SMILES string of the molecule is O=C(Nc1cccc2ccccc12)c1ccc(S(=O)(=O)N2CCCc3ccccc32)cc1. The molecule has 32 heavy (non-hydrogen) atoms. The van der Waals surface area contributed by atoms with Crippen molar-refractivity contribution < 1.29 is 13.2 Å². The van der Waals surface area contributed by atoms with Crippen molar-refractivity contribution in [3.05, 3.63) is 102 Å². The van der Waals surface area contributed by atoms with Gasteiger partial charge in [-0.3, -0.25) is 9.10 Å². The summed E-state index contributed by atoms with van der Waals surface area (Å²) in [4.78, 5) is 13.0. The molecule has 0 spiro atoms. The molecule has 0 aromatic heterocycles. The van der Waals surface area contributed by atoms with Gasteiger partial charge < -0.3 is 5.32 Å². The minimum Gasteiger partial charge on any atom is -0.321 e. The summed E-state index contributed by atoms with van der Waals surface area (Å²) < 4.78 is 28.1. The molecule has 1 aliphatic rings. The van der Waals surface area contributed by atoms with Gasteiger partial charge in [-0.1, -0.05) is 54.6 Å². The topological polar surface area (TPSA) is 66.5 Å². The molecule has 0 fully saturated rings. The van der Waals surface area contributed by atoms with Crippen LogP contribution in [-0.2, 0) is 16.4 Å². The number of fused-ring (bicyclic) bond motifs is 2. The number of amides is 1. The Morgan fingerprint density at radius 1 is 0.812 bits per heavy atom. The molecule has 0 atom stereocenters. The number of hydrogen-bond acceptors (Lipinski definition) is 3. The van der Waals surface area contributed by atoms with Crippen molar-refractivity contribution in [3.8, 4) is 0 Å². The number of aryl methyl sites for hydroxylation is 1. The van der Waals surface area contributed by atoms with E-state index in [-0.39, 0.29) is 10.8 Å². The van der Waals surface area contributed by atoms with E-state index in [1.807, 2.05) is 66.7 Å². The maximum Gasteiger partial charge on any atom is 0.264 e. The van der Waals surface area contributed by atoms with Crippen molar-refractivity contribution in [2.45, 2.75) is 17.7 Å². The molecule has 1 heterocycles. The number of benzene rings is 4. The van der Waals surface area contributed by atoms with Gasteiger partial charge in [-0.2, -0.15) is 0 Å². The van der Waals surface area contributed by atoms with Gasteiger partial charge in [-0.05, 0) is 60.2 Å². The van der Waals surface area contributed by atoms with E-state index >= 15 is 0 Å². The molecule has 0 unspecified atom stereocenters. The van der Waals surface area contributed by atoms with Crippen molar-refractivity contribution in [1.82, 2.24) is 0 Å². The van der Waals surface area contributed by atoms with Crippen LogP contribution in [0.1, 0.15) is 22.3 Å². The first-order chi connectivity index (χ1) is 15.5. The quantitative estimate of drug-likeness (QED) is 0.470. The van der Waals surface area contributed by atoms with Crippen LogP contribution in [0.5, 0.6) is 0 Å². The molecule has 0 aliphatic carbocycles. The number of carbonyl (C=O) groups is 1. The molecule has 1 N–H and O–H groups in total. The fraction of sp³-hybridized carbons (Fsp3) is 0.115. The Bertz CT molecular complexity index is 1410. The Morgan fingerprint density at radius 2 is 1.53 bits per heavy atom. The van der Waals surface area contributed by atoms with Gasteiger partial charge in [-0.15, -0.1) is 0 Å². The third kappa shape index (κ3) is 3.63. The maximum absolute atomic E-state index is 13.3. The number of para-hydroxylation sites is 1. The van der Waals surface area contributed by atoms with Crippen LogP contribution in [-0.4, -0.2) is 20.9 Å². The lowest BCUT2D eigenvalue weighted by Gasteiger charge is -2.30. The summed E-state index contributed by atoms with van der Waals surface area (Å²) in [6.07, 6.45) is 1.65. The fourth-order valence-corrected chi connectivity index (χ4v) is 5.72. The molecule has 6 heteroatoms. The van der Waals surface area contributed by atoms with E-state index in [9.17, 15) is 13.2 Å². The molecule has 160 valence electrons. The number of anilines is 2. The Labute approximate surface area is 187 Å². The van der Waals surface area contributed by atoms with Gasteiger partial charge in [0.05, 0.1) is 10.6 Å². The van der Waals surface area contributed by atoms with Crippen molar-refractivity contribution >= 4 is 38.1 Å². The molecular formula is C26H22N2O3S. The van der Waals surface area contributed by atoms with Crippen LogP contribution in [0.4, 0.5) is 11.4 Å². The van der Waals surface area contributed by atoms with Crippen LogP contribution >= 0.6 is 0 Å². The van der Waals surface area contributed by atoms with E-state index in [0.29, 0.717) is 12.1 Å². The standard InChI is InChI=1S/C26H22N2O3S/c29-26(27-24-12-5-9-19-7-1-3-11-23(19)24)21-14-16-22(17-15-21)32(30,31)28-18-6-10-20-8-2-4-13-25(20)28/h1-5,7-9,11-17H,6,10,18H2,(H,27,29). The predicted molar refractivity (Wildman–Crippen MR) is 128 cm³/mol. The predicted octanol–water partition coefficient (Wildman–Crippen LogP) is 5.23. The number of sulfonamides is 1. The number of nitrogens with one attached hydrogen (secondary N) is 1. The highest BCUT2D eigenvalue weighted by molar-refractivity contribution is 7.92. The van der Waals surface area contributed by atoms with E-state index in [2.05, 4.69) is 5.32 Å². The molecule has 0 bridgehead atoms. The Balaban J connectivity index is 1.40. The van der Waals surface area contributed by atoms with Gasteiger partial charge in [-0.25, -0.2) is 8.42 Å². The zero-order valence-corrected chi connectivity index (χ0v) is 18.2. The van der Waals surface area contributed by atoms with E-state index in [1.165, 1.54) is 16.4 Å². The second-order valence-corrected chi connectivity index (χ2v) is 9.68. The molecule has 4 aromatic rings. The van der Waals surface area contributed by atoms with Crippen LogP contribution in [0, 0.1) is 0 Å². The third-order valence-electron chi connectivity index (χ3n) is 5.81. The van der Waals surface area contributed by atoms with E-state index in [1.54, 1.807) is 12.1 Å². The summed E-state index contributed by atoms with van der Waals surface area (Å²) in [5, 5.41) is 4.92. The second-order valence-electron chi connectivity index (χ2n) is 7.81. The van der Waals surface area contributed by atoms with Crippen LogP contribution in [0.2, 0.25) is 0 Å². The maximum atomic E-state index is 13.3. The molecule has 0 saturated carbocycles. The van der Waals surface area contributed by atoms with Crippen LogP contribution in [0.3, 0.4) is 0 Å². The van der Waals surface area contributed by atoms with Crippen molar-refractivity contribution in [3.63, 3.8) is 0 Å². The van der Waals surface area contributed by atoms with Crippen molar-refractivity contribution in [1.29, 1.82) is 0 Å². The van der Waals surface area contributed by atoms with Gasteiger partial charge >= 0.3 is 0 Å². The second kappa shape index (κ2) is 8.13. The number of nitrogens with zero attached hydrogens (tertiary/aromatic N) is 1. The first kappa shape index (κ1) is 20.3. The van der Waals surface area contributed by atoms with E-state index in [0.717, 1.165) is 40.6 Å². The summed E-state index contributed by atoms with van der Waals surface area (Å²) in [5.41, 5.74) is 2.88. The first-order valence-corrected chi connectivity index (χ1v) is 12.0. The Hall–Kier alpha value is -3.64. The lowest BCUT2D eigenvalue weighted by molar-refractivity contribution is 0.102. The molecule has 1 amide bonds. The van der Waals surface area contributed by atoms with Gasteiger partial charge in [0.1, 0.15) is 0 Å². The molecule has 0 saturated heterocycles. The normalized spacial score (nSPS) is 13.6. The molecular weight excluding hydrogens is 420 g/mol. The minimum atomic E-state index is -3.70. The van der Waals surface area contributed by atoms with Crippen LogP contribution in [0.25, 0.3) is 10.8 Å². The number of rotatable bonds is 4. The van der Waals surface area contributed by atoms with Crippen molar-refractivity contribution in [2.75, 3.05) is 16.2 Å². The van der Waals surface area contributed by atoms with Crippen LogP contribution < -0.4 is 9.62 Å². The van der Waals surface area contributed by atoms with Crippen molar-refractivity contribution in [2.24, 2.45) is 0 Å². The molecule has 5 nitrogen and oxygen atoms in total. The van der Waals surface area contributed by atoms with Gasteiger partial charge in [0.2, 0.25) is 0 Å². The summed E-state index contributed by atoms with van der Waals surface area (Å²) in [6, 6.07) is 27.3. The van der Waals surface area contributed by atoms with E-state index in [4.69, 9.17) is 0 Å². The highest BCUT2D eigenvalue weighted by Gasteiger charge is 2.29. The number of carbonyl (C=O) groups excluding carboxylic acids is 1. The Morgan fingerprint density at radius 3 is 2.38 bits per heavy atom. The zero-order chi connectivity index (χ0) is 22.1. The lowest BCUT2D eigenvalue weighted by atomic mass is 10.0. The highest BCUT2D eigenvalue weighted by Crippen LogP contribution is 2.32. The zero-order valence-electron chi connectivity index (χ0n) is 17.4. The summed E-state index contributed by atoms with van der Waals surface area (Å²) in [6.45, 7) is 0.447. The summed E-state index contributed by atoms with van der Waals surface area (Å²) in [5.74, 6) is -0.284. The van der Waals surface area contributed by atoms with Gasteiger partial charge in [0.15, 0.2) is 0 Å².